The van der Waals surface area contributed by atoms with Crippen molar-refractivity contribution in [3.8, 4) is 0 Å². The molecule has 0 bridgehead atoms. The van der Waals surface area contributed by atoms with Crippen molar-refractivity contribution in [3.63, 3.8) is 0 Å². The smallest absolute Gasteiger partial charge is 0.227 e. The molecule has 0 spiro atoms. The van der Waals surface area contributed by atoms with Gasteiger partial charge in [0, 0.05) is 29.1 Å². The highest BCUT2D eigenvalue weighted by atomic mass is 16.1. The monoisotopic (exact) mass is 243 g/mol. The maximum atomic E-state index is 12.1. The highest BCUT2D eigenvalue weighted by Gasteiger charge is 2.27. The van der Waals surface area contributed by atoms with Crippen molar-refractivity contribution >= 4 is 22.5 Å². The first-order valence-corrected chi connectivity index (χ1v) is 6.36. The van der Waals surface area contributed by atoms with E-state index in [0.717, 1.165) is 35.9 Å². The standard InChI is InChI=1S/C14H17N3O/c15-10-5-4-9(8-10)14(18)17-13-3-1-2-12-11(13)6-7-16-12/h1-3,6-7,9-10,16H,4-5,8,15H2,(H,17,18). The van der Waals surface area contributed by atoms with Gasteiger partial charge >= 0.3 is 0 Å². The maximum Gasteiger partial charge on any atom is 0.227 e. The van der Waals surface area contributed by atoms with Crippen molar-refractivity contribution in [2.24, 2.45) is 11.7 Å². The predicted molar refractivity (Wildman–Crippen MR) is 72.2 cm³/mol. The van der Waals surface area contributed by atoms with Crippen LogP contribution in [0, 0.1) is 5.92 Å². The van der Waals surface area contributed by atoms with Crippen LogP contribution in [0.15, 0.2) is 30.5 Å². The zero-order chi connectivity index (χ0) is 12.5. The molecule has 1 heterocycles. The van der Waals surface area contributed by atoms with Gasteiger partial charge in [0.15, 0.2) is 0 Å². The summed E-state index contributed by atoms with van der Waals surface area (Å²) in [5, 5.41) is 4.07. The summed E-state index contributed by atoms with van der Waals surface area (Å²) in [7, 11) is 0. The second-order valence-electron chi connectivity index (χ2n) is 5.00. The second kappa shape index (κ2) is 4.46. The van der Waals surface area contributed by atoms with Crippen LogP contribution in [-0.2, 0) is 4.79 Å². The number of fused-ring (bicyclic) bond motifs is 1. The predicted octanol–water partition coefficient (Wildman–Crippen LogP) is 2.23. The first-order chi connectivity index (χ1) is 8.74. The van der Waals surface area contributed by atoms with E-state index in [1.54, 1.807) is 0 Å². The van der Waals surface area contributed by atoms with Gasteiger partial charge in [0.25, 0.3) is 0 Å². The lowest BCUT2D eigenvalue weighted by atomic mass is 10.1. The molecule has 2 atom stereocenters. The minimum Gasteiger partial charge on any atom is -0.361 e. The molecule has 1 fully saturated rings. The van der Waals surface area contributed by atoms with E-state index in [2.05, 4.69) is 10.3 Å². The van der Waals surface area contributed by atoms with Crippen LogP contribution in [0.1, 0.15) is 19.3 Å². The molecule has 94 valence electrons. The van der Waals surface area contributed by atoms with Crippen molar-refractivity contribution in [1.29, 1.82) is 0 Å². The molecular weight excluding hydrogens is 226 g/mol. The molecular formula is C14H17N3O. The number of carbonyl (C=O) groups is 1. The van der Waals surface area contributed by atoms with Crippen molar-refractivity contribution in [2.45, 2.75) is 25.3 Å². The number of aromatic amines is 1. The average Bonchev–Trinajstić information content (AvgIpc) is 2.97. The number of nitrogens with one attached hydrogen (secondary N) is 2. The third-order valence-corrected chi connectivity index (χ3v) is 3.70. The minimum atomic E-state index is 0.0641. The van der Waals surface area contributed by atoms with Gasteiger partial charge in [0.2, 0.25) is 5.91 Å². The van der Waals surface area contributed by atoms with Crippen LogP contribution in [0.25, 0.3) is 10.9 Å². The Morgan fingerprint density at radius 2 is 2.22 bits per heavy atom. The Hall–Kier alpha value is -1.81. The van der Waals surface area contributed by atoms with Crippen LogP contribution < -0.4 is 11.1 Å². The fourth-order valence-electron chi connectivity index (χ4n) is 2.68. The molecule has 4 N–H and O–H groups in total. The van der Waals surface area contributed by atoms with Crippen molar-refractivity contribution in [2.75, 3.05) is 5.32 Å². The summed E-state index contributed by atoms with van der Waals surface area (Å²) in [5.74, 6) is 0.158. The van der Waals surface area contributed by atoms with Gasteiger partial charge < -0.3 is 16.0 Å². The molecule has 1 aromatic carbocycles. The summed E-state index contributed by atoms with van der Waals surface area (Å²) in [6.45, 7) is 0. The number of anilines is 1. The van der Waals surface area contributed by atoms with E-state index in [4.69, 9.17) is 5.73 Å². The molecule has 2 unspecified atom stereocenters. The Balaban J connectivity index is 1.80. The average molecular weight is 243 g/mol. The number of H-pyrrole nitrogens is 1. The van der Waals surface area contributed by atoms with Gasteiger partial charge in [-0.25, -0.2) is 0 Å². The number of benzene rings is 1. The van der Waals surface area contributed by atoms with Gasteiger partial charge in [0.05, 0.1) is 5.69 Å². The summed E-state index contributed by atoms with van der Waals surface area (Å²) in [4.78, 5) is 15.3. The summed E-state index contributed by atoms with van der Waals surface area (Å²) >= 11 is 0. The molecule has 4 heteroatoms. The van der Waals surface area contributed by atoms with Crippen LogP contribution in [0.3, 0.4) is 0 Å². The number of nitrogens with two attached hydrogens (primary N) is 1. The number of hydrogen-bond donors (Lipinski definition) is 3. The van der Waals surface area contributed by atoms with Crippen LogP contribution in [-0.4, -0.2) is 16.9 Å². The van der Waals surface area contributed by atoms with Gasteiger partial charge in [-0.15, -0.1) is 0 Å². The zero-order valence-electron chi connectivity index (χ0n) is 10.1. The van der Waals surface area contributed by atoms with E-state index < -0.39 is 0 Å². The molecule has 2 aromatic rings. The Bertz CT molecular complexity index is 575. The molecule has 1 aromatic heterocycles. The Kier molecular flexibility index (Phi) is 2.80. The van der Waals surface area contributed by atoms with Gasteiger partial charge in [-0.05, 0) is 37.5 Å². The third-order valence-electron chi connectivity index (χ3n) is 3.70. The second-order valence-corrected chi connectivity index (χ2v) is 5.00. The summed E-state index contributed by atoms with van der Waals surface area (Å²) in [6.07, 6.45) is 4.53. The quantitative estimate of drug-likeness (QED) is 0.757. The third kappa shape index (κ3) is 1.99. The topological polar surface area (TPSA) is 70.9 Å². The van der Waals surface area contributed by atoms with E-state index in [1.807, 2.05) is 30.5 Å². The Labute approximate surface area is 106 Å². The summed E-state index contributed by atoms with van der Waals surface area (Å²) in [6, 6.07) is 8.03. The van der Waals surface area contributed by atoms with Gasteiger partial charge in [-0.1, -0.05) is 6.07 Å². The number of aromatic nitrogens is 1. The molecule has 0 saturated heterocycles. The minimum absolute atomic E-state index is 0.0641. The van der Waals surface area contributed by atoms with Gasteiger partial charge in [-0.3, -0.25) is 4.79 Å². The molecule has 1 saturated carbocycles. The normalized spacial score (nSPS) is 23.4. The molecule has 1 aliphatic rings. The van der Waals surface area contributed by atoms with Crippen molar-refractivity contribution in [1.82, 2.24) is 4.98 Å². The largest absolute Gasteiger partial charge is 0.361 e. The first-order valence-electron chi connectivity index (χ1n) is 6.36. The number of hydrogen-bond acceptors (Lipinski definition) is 2. The fraction of sp³-hybridized carbons (Fsp3) is 0.357. The van der Waals surface area contributed by atoms with Crippen LogP contribution in [0.4, 0.5) is 5.69 Å². The molecule has 18 heavy (non-hydrogen) atoms. The lowest BCUT2D eigenvalue weighted by Crippen LogP contribution is -2.23. The molecule has 4 nitrogen and oxygen atoms in total. The Morgan fingerprint density at radius 1 is 1.33 bits per heavy atom. The van der Waals surface area contributed by atoms with Crippen molar-refractivity contribution in [3.05, 3.63) is 30.5 Å². The number of carbonyl (C=O) groups excluding carboxylic acids is 1. The lowest BCUT2D eigenvalue weighted by molar-refractivity contribution is -0.119. The SMILES string of the molecule is NC1CCC(C(=O)Nc2cccc3[nH]ccc23)C1. The van der Waals surface area contributed by atoms with Crippen LogP contribution >= 0.6 is 0 Å². The zero-order valence-corrected chi connectivity index (χ0v) is 10.1. The van der Waals surface area contributed by atoms with Crippen LogP contribution in [0.2, 0.25) is 0 Å². The van der Waals surface area contributed by atoms with E-state index in [-0.39, 0.29) is 17.9 Å². The lowest BCUT2D eigenvalue weighted by Gasteiger charge is -2.11. The fourth-order valence-corrected chi connectivity index (χ4v) is 2.68. The first kappa shape index (κ1) is 11.3. The summed E-state index contributed by atoms with van der Waals surface area (Å²) in [5.41, 5.74) is 7.76. The molecule has 0 radical (unpaired) electrons. The van der Waals surface area contributed by atoms with Crippen molar-refractivity contribution < 1.29 is 4.79 Å². The highest BCUT2D eigenvalue weighted by molar-refractivity contribution is 6.02. The molecule has 3 rings (SSSR count). The van der Waals surface area contributed by atoms with Crippen LogP contribution in [0.5, 0.6) is 0 Å². The highest BCUT2D eigenvalue weighted by Crippen LogP contribution is 2.27. The van der Waals surface area contributed by atoms with E-state index in [1.165, 1.54) is 0 Å². The molecule has 1 aliphatic carbocycles. The number of amides is 1. The van der Waals surface area contributed by atoms with E-state index >= 15 is 0 Å². The number of rotatable bonds is 2. The van der Waals surface area contributed by atoms with Gasteiger partial charge in [-0.2, -0.15) is 0 Å². The summed E-state index contributed by atoms with van der Waals surface area (Å²) < 4.78 is 0. The van der Waals surface area contributed by atoms with E-state index in [9.17, 15) is 4.79 Å². The van der Waals surface area contributed by atoms with E-state index in [0.29, 0.717) is 0 Å². The van der Waals surface area contributed by atoms with Gasteiger partial charge in [0.1, 0.15) is 0 Å². The molecule has 1 amide bonds. The Morgan fingerprint density at radius 3 is 3.00 bits per heavy atom. The molecule has 0 aliphatic heterocycles. The maximum absolute atomic E-state index is 12.1.